The summed E-state index contributed by atoms with van der Waals surface area (Å²) in [5.41, 5.74) is -0.122. The van der Waals surface area contributed by atoms with E-state index in [4.69, 9.17) is 0 Å². The third-order valence-corrected chi connectivity index (χ3v) is 4.99. The summed E-state index contributed by atoms with van der Waals surface area (Å²) in [5.74, 6) is 0.421. The van der Waals surface area contributed by atoms with Crippen LogP contribution in [0.5, 0.6) is 0 Å². The van der Waals surface area contributed by atoms with E-state index in [-0.39, 0.29) is 10.4 Å². The average Bonchev–Trinajstić information content (AvgIpc) is 2.92. The van der Waals surface area contributed by atoms with E-state index in [1.165, 1.54) is 11.3 Å². The number of fused-ring (bicyclic) bond motifs is 1. The van der Waals surface area contributed by atoms with Crippen LogP contribution >= 0.6 is 11.3 Å². The van der Waals surface area contributed by atoms with Crippen LogP contribution in [-0.2, 0) is 10.0 Å². The zero-order valence-corrected chi connectivity index (χ0v) is 14.4. The Morgan fingerprint density at radius 3 is 2.71 bits per heavy atom. The summed E-state index contributed by atoms with van der Waals surface area (Å²) in [7, 11) is -3.61. The van der Waals surface area contributed by atoms with Crippen LogP contribution in [0.4, 0.5) is 5.82 Å². The number of aromatic nitrogens is 2. The Labute approximate surface area is 129 Å². The minimum Gasteiger partial charge on any atom is -0.368 e. The molecule has 0 aliphatic rings. The second-order valence-corrected chi connectivity index (χ2v) is 8.69. The van der Waals surface area contributed by atoms with Gasteiger partial charge in [-0.2, -0.15) is 0 Å². The molecule has 0 radical (unpaired) electrons. The predicted molar refractivity (Wildman–Crippen MR) is 86.5 cm³/mol. The fourth-order valence-corrected chi connectivity index (χ4v) is 4.07. The summed E-state index contributed by atoms with van der Waals surface area (Å²) in [5, 5.41) is 5.12. The largest absolute Gasteiger partial charge is 0.368 e. The molecule has 2 N–H and O–H groups in total. The maximum absolute atomic E-state index is 12.6. The van der Waals surface area contributed by atoms with Crippen molar-refractivity contribution in [3.63, 3.8) is 0 Å². The van der Waals surface area contributed by atoms with Crippen LogP contribution in [0.3, 0.4) is 0 Å². The van der Waals surface area contributed by atoms with Gasteiger partial charge in [0.05, 0.1) is 0 Å². The van der Waals surface area contributed by atoms with Crippen molar-refractivity contribution in [2.24, 2.45) is 5.41 Å². The normalized spacial score (nSPS) is 13.0. The van der Waals surface area contributed by atoms with Gasteiger partial charge in [-0.1, -0.05) is 27.7 Å². The van der Waals surface area contributed by atoms with Gasteiger partial charge in [0, 0.05) is 24.7 Å². The molecule has 8 heteroatoms. The Morgan fingerprint density at radius 1 is 1.38 bits per heavy atom. The number of hydrogen-bond acceptors (Lipinski definition) is 5. The standard InChI is InChI=1S/C13H22N4O2S2/c1-5-6-14-10-11(17-7-8-20-12(17)16-10)21(18,19)15-9-13(2,3)4/h7-8,14-15H,5-6,9H2,1-4H3. The van der Waals surface area contributed by atoms with E-state index in [0.29, 0.717) is 23.9 Å². The minimum absolute atomic E-state index is 0.122. The van der Waals surface area contributed by atoms with Gasteiger partial charge in [-0.15, -0.1) is 11.3 Å². The Hall–Kier alpha value is -1.12. The highest BCUT2D eigenvalue weighted by Gasteiger charge is 2.27. The predicted octanol–water partition coefficient (Wildman–Crippen LogP) is 2.54. The first-order valence-electron chi connectivity index (χ1n) is 6.94. The molecule has 0 aliphatic heterocycles. The molecule has 2 aromatic rings. The Morgan fingerprint density at radius 2 is 2.10 bits per heavy atom. The van der Waals surface area contributed by atoms with E-state index in [1.807, 2.05) is 33.1 Å². The summed E-state index contributed by atoms with van der Waals surface area (Å²) >= 11 is 1.42. The summed E-state index contributed by atoms with van der Waals surface area (Å²) < 4.78 is 29.6. The number of sulfonamides is 1. The first-order valence-corrected chi connectivity index (χ1v) is 9.30. The van der Waals surface area contributed by atoms with Gasteiger partial charge in [0.1, 0.15) is 0 Å². The summed E-state index contributed by atoms with van der Waals surface area (Å²) in [6, 6.07) is 0. The van der Waals surface area contributed by atoms with Gasteiger partial charge in [0.15, 0.2) is 15.8 Å². The summed E-state index contributed by atoms with van der Waals surface area (Å²) in [4.78, 5) is 5.04. The minimum atomic E-state index is -3.61. The Kier molecular flexibility index (Phi) is 4.60. The van der Waals surface area contributed by atoms with Crippen molar-refractivity contribution in [3.05, 3.63) is 11.6 Å². The molecule has 0 unspecified atom stereocenters. The van der Waals surface area contributed by atoms with Gasteiger partial charge < -0.3 is 5.32 Å². The third kappa shape index (κ3) is 3.75. The Bertz CT molecular complexity index is 710. The Balaban J connectivity index is 2.40. The molecule has 2 aromatic heterocycles. The maximum atomic E-state index is 12.6. The second kappa shape index (κ2) is 5.94. The highest BCUT2D eigenvalue weighted by molar-refractivity contribution is 7.89. The molecule has 0 spiro atoms. The molecule has 0 bridgehead atoms. The van der Waals surface area contributed by atoms with Gasteiger partial charge in [-0.25, -0.2) is 18.1 Å². The zero-order valence-electron chi connectivity index (χ0n) is 12.8. The third-order valence-electron chi connectivity index (χ3n) is 2.81. The molecule has 0 aromatic carbocycles. The molecule has 0 saturated carbocycles. The lowest BCUT2D eigenvalue weighted by atomic mass is 9.98. The van der Waals surface area contributed by atoms with E-state index < -0.39 is 10.0 Å². The van der Waals surface area contributed by atoms with Crippen LogP contribution in [0, 0.1) is 5.41 Å². The lowest BCUT2D eigenvalue weighted by Crippen LogP contribution is -2.33. The number of rotatable bonds is 6. The van der Waals surface area contributed by atoms with Crippen molar-refractivity contribution in [2.75, 3.05) is 18.4 Å². The number of nitrogens with zero attached hydrogens (tertiary/aromatic N) is 2. The van der Waals surface area contributed by atoms with Gasteiger partial charge in [0.2, 0.25) is 0 Å². The molecule has 0 atom stereocenters. The van der Waals surface area contributed by atoms with Crippen LogP contribution < -0.4 is 10.0 Å². The molecule has 0 amide bonds. The maximum Gasteiger partial charge on any atom is 0.260 e. The van der Waals surface area contributed by atoms with Gasteiger partial charge in [0.25, 0.3) is 10.0 Å². The molecule has 0 fully saturated rings. The number of thiazole rings is 1. The summed E-state index contributed by atoms with van der Waals surface area (Å²) in [6.07, 6.45) is 2.63. The molecule has 2 rings (SSSR count). The molecular formula is C13H22N4O2S2. The van der Waals surface area contributed by atoms with Crippen molar-refractivity contribution in [1.82, 2.24) is 14.1 Å². The van der Waals surface area contributed by atoms with E-state index >= 15 is 0 Å². The topological polar surface area (TPSA) is 75.5 Å². The SMILES string of the molecule is CCCNc1nc2sccn2c1S(=O)(=O)NCC(C)(C)C. The first-order chi connectivity index (χ1) is 9.74. The zero-order chi connectivity index (χ0) is 15.7. The van der Waals surface area contributed by atoms with Crippen LogP contribution in [-0.4, -0.2) is 30.9 Å². The van der Waals surface area contributed by atoms with Crippen LogP contribution in [0.2, 0.25) is 0 Å². The van der Waals surface area contributed by atoms with Gasteiger partial charge >= 0.3 is 0 Å². The average molecular weight is 330 g/mol. The number of nitrogens with one attached hydrogen (secondary N) is 2. The van der Waals surface area contributed by atoms with Crippen LogP contribution in [0.25, 0.3) is 4.96 Å². The monoisotopic (exact) mass is 330 g/mol. The van der Waals surface area contributed by atoms with Gasteiger partial charge in [-0.05, 0) is 11.8 Å². The van der Waals surface area contributed by atoms with E-state index in [1.54, 1.807) is 10.6 Å². The van der Waals surface area contributed by atoms with Crippen LogP contribution in [0.15, 0.2) is 16.6 Å². The molecule has 0 aliphatic carbocycles. The second-order valence-electron chi connectivity index (χ2n) is 6.13. The molecule has 118 valence electrons. The number of hydrogen-bond donors (Lipinski definition) is 2. The van der Waals surface area contributed by atoms with Crippen molar-refractivity contribution in [3.8, 4) is 0 Å². The van der Waals surface area contributed by atoms with Crippen molar-refractivity contribution in [2.45, 2.75) is 39.1 Å². The van der Waals surface area contributed by atoms with E-state index in [2.05, 4.69) is 15.0 Å². The lowest BCUT2D eigenvalue weighted by molar-refractivity contribution is 0.407. The fraction of sp³-hybridized carbons (Fsp3) is 0.615. The number of anilines is 1. The summed E-state index contributed by atoms with van der Waals surface area (Å²) in [6.45, 7) is 9.05. The van der Waals surface area contributed by atoms with E-state index in [9.17, 15) is 8.42 Å². The highest BCUT2D eigenvalue weighted by atomic mass is 32.2. The molecule has 6 nitrogen and oxygen atoms in total. The van der Waals surface area contributed by atoms with Crippen molar-refractivity contribution in [1.29, 1.82) is 0 Å². The van der Waals surface area contributed by atoms with Crippen molar-refractivity contribution < 1.29 is 8.42 Å². The van der Waals surface area contributed by atoms with Crippen LogP contribution in [0.1, 0.15) is 34.1 Å². The smallest absolute Gasteiger partial charge is 0.260 e. The van der Waals surface area contributed by atoms with Gasteiger partial charge in [-0.3, -0.25) is 4.40 Å². The molecule has 2 heterocycles. The molecule has 21 heavy (non-hydrogen) atoms. The highest BCUT2D eigenvalue weighted by Crippen LogP contribution is 2.26. The molecule has 0 saturated heterocycles. The van der Waals surface area contributed by atoms with E-state index in [0.717, 1.165) is 6.42 Å². The first kappa shape index (κ1) is 16.3. The molecular weight excluding hydrogens is 308 g/mol. The van der Waals surface area contributed by atoms with Crippen molar-refractivity contribution >= 4 is 32.1 Å². The lowest BCUT2D eigenvalue weighted by Gasteiger charge is -2.18. The quantitative estimate of drug-likeness (QED) is 0.853. The number of imidazole rings is 1. The fourth-order valence-electron chi connectivity index (χ4n) is 1.76.